The summed E-state index contributed by atoms with van der Waals surface area (Å²) in [5, 5.41) is 9.06. The Balaban J connectivity index is 1.73. The Labute approximate surface area is 153 Å². The second kappa shape index (κ2) is 5.28. The summed E-state index contributed by atoms with van der Waals surface area (Å²) in [6.07, 6.45) is 4.38. The van der Waals surface area contributed by atoms with Crippen LogP contribution in [0.5, 0.6) is 0 Å². The number of carboxylic acid groups (broad SMARTS) is 1. The number of aromatic carboxylic acids is 1. The van der Waals surface area contributed by atoms with Gasteiger partial charge in [0.05, 0.1) is 10.9 Å². The molecule has 2 heterocycles. The summed E-state index contributed by atoms with van der Waals surface area (Å²) in [5.41, 5.74) is 4.45. The molecule has 2 atom stereocenters. The zero-order chi connectivity index (χ0) is 19.1. The van der Waals surface area contributed by atoms with Gasteiger partial charge >= 0.3 is 5.97 Å². The molecular weight excluding hydrogens is 356 g/mol. The van der Waals surface area contributed by atoms with Crippen molar-refractivity contribution >= 4 is 22.6 Å². The van der Waals surface area contributed by atoms with Gasteiger partial charge in [0.15, 0.2) is 5.82 Å². The van der Waals surface area contributed by atoms with Gasteiger partial charge in [-0.15, -0.1) is 0 Å². The number of hydrogen-bond acceptors (Lipinski definition) is 4. The number of pyridine rings is 1. The average Bonchev–Trinajstić information content (AvgIpc) is 3.49. The Bertz CT molecular complexity index is 1060. The van der Waals surface area contributed by atoms with Gasteiger partial charge in [0.1, 0.15) is 17.1 Å². The zero-order valence-electron chi connectivity index (χ0n) is 14.5. The fourth-order valence-electron chi connectivity index (χ4n) is 4.45. The van der Waals surface area contributed by atoms with Gasteiger partial charge in [0.25, 0.3) is 0 Å². The summed E-state index contributed by atoms with van der Waals surface area (Å²) in [4.78, 5) is 25.6. The summed E-state index contributed by atoms with van der Waals surface area (Å²) in [5.74, 6) is -3.03. The highest BCUT2D eigenvalue weighted by molar-refractivity contribution is 5.94. The van der Waals surface area contributed by atoms with Crippen molar-refractivity contribution in [3.63, 3.8) is 0 Å². The highest BCUT2D eigenvalue weighted by Gasteiger charge is 2.56. The van der Waals surface area contributed by atoms with Crippen LogP contribution in [0.25, 0.3) is 10.9 Å². The predicted molar refractivity (Wildman–Crippen MR) is 95.2 cm³/mol. The van der Waals surface area contributed by atoms with Gasteiger partial charge in [-0.05, 0) is 31.7 Å². The van der Waals surface area contributed by atoms with Crippen LogP contribution in [0.15, 0.2) is 17.1 Å². The van der Waals surface area contributed by atoms with Gasteiger partial charge in [0, 0.05) is 36.8 Å². The Morgan fingerprint density at radius 2 is 2.04 bits per heavy atom. The largest absolute Gasteiger partial charge is 0.477 e. The van der Waals surface area contributed by atoms with Crippen molar-refractivity contribution in [2.45, 2.75) is 37.8 Å². The number of anilines is 1. The Morgan fingerprint density at radius 1 is 1.33 bits per heavy atom. The molecule has 6 nitrogen and oxygen atoms in total. The molecule has 0 amide bonds. The maximum absolute atomic E-state index is 15.5. The Morgan fingerprint density at radius 3 is 2.59 bits per heavy atom. The number of carbonyl (C=O) groups is 1. The molecule has 1 aromatic carbocycles. The van der Waals surface area contributed by atoms with Crippen molar-refractivity contribution in [2.24, 2.45) is 11.1 Å². The summed E-state index contributed by atoms with van der Waals surface area (Å²) in [6.45, 7) is 1.00. The summed E-state index contributed by atoms with van der Waals surface area (Å²) < 4.78 is 31.8. The third kappa shape index (κ3) is 2.32. The van der Waals surface area contributed by atoms with Crippen molar-refractivity contribution in [3.05, 3.63) is 39.7 Å². The summed E-state index contributed by atoms with van der Waals surface area (Å²) >= 11 is 0. The molecule has 3 fully saturated rings. The SMILES string of the molecule is N[C@H]1C[C@@]12CCN(c1c(F)cc3c(=O)c(C(=O)O)cn(C4CC4)c3c1F)C2. The van der Waals surface area contributed by atoms with Crippen molar-refractivity contribution < 1.29 is 18.7 Å². The molecule has 27 heavy (non-hydrogen) atoms. The molecule has 3 aliphatic rings. The minimum Gasteiger partial charge on any atom is -0.477 e. The van der Waals surface area contributed by atoms with E-state index >= 15 is 4.39 Å². The van der Waals surface area contributed by atoms with Crippen LogP contribution in [0, 0.1) is 17.0 Å². The fraction of sp³-hybridized carbons (Fsp3) is 0.474. The van der Waals surface area contributed by atoms with E-state index in [2.05, 4.69) is 0 Å². The van der Waals surface area contributed by atoms with Crippen molar-refractivity contribution in [1.29, 1.82) is 0 Å². The third-order valence-electron chi connectivity index (χ3n) is 6.31. The van der Waals surface area contributed by atoms with E-state index in [1.807, 2.05) is 0 Å². The number of hydrogen-bond donors (Lipinski definition) is 2. The van der Waals surface area contributed by atoms with Crippen LogP contribution in [0.3, 0.4) is 0 Å². The van der Waals surface area contributed by atoms with Crippen LogP contribution >= 0.6 is 0 Å². The molecular formula is C19H19F2N3O3. The fourth-order valence-corrected chi connectivity index (χ4v) is 4.45. The number of benzene rings is 1. The first kappa shape index (κ1) is 16.7. The van der Waals surface area contributed by atoms with Crippen LogP contribution in [-0.4, -0.2) is 34.8 Å². The smallest absolute Gasteiger partial charge is 0.341 e. The lowest BCUT2D eigenvalue weighted by Gasteiger charge is -2.22. The Kier molecular flexibility index (Phi) is 3.26. The van der Waals surface area contributed by atoms with E-state index < -0.39 is 28.6 Å². The van der Waals surface area contributed by atoms with Crippen molar-refractivity contribution in [3.8, 4) is 0 Å². The van der Waals surface area contributed by atoms with E-state index in [0.29, 0.717) is 13.1 Å². The molecule has 0 radical (unpaired) electrons. The number of nitrogens with zero attached hydrogens (tertiary/aromatic N) is 2. The lowest BCUT2D eigenvalue weighted by atomic mass is 10.1. The highest BCUT2D eigenvalue weighted by Crippen LogP contribution is 2.53. The van der Waals surface area contributed by atoms with Crippen LogP contribution < -0.4 is 16.1 Å². The molecule has 5 rings (SSSR count). The number of rotatable bonds is 3. The molecule has 142 valence electrons. The Hall–Kier alpha value is -2.48. The van der Waals surface area contributed by atoms with Crippen LogP contribution in [0.1, 0.15) is 42.1 Å². The minimum absolute atomic E-state index is 0.00931. The number of halogens is 2. The molecule has 0 bridgehead atoms. The lowest BCUT2D eigenvalue weighted by molar-refractivity contribution is 0.0695. The summed E-state index contributed by atoms with van der Waals surface area (Å²) in [7, 11) is 0. The highest BCUT2D eigenvalue weighted by atomic mass is 19.1. The first-order valence-electron chi connectivity index (χ1n) is 9.13. The first-order chi connectivity index (χ1) is 12.8. The van der Waals surface area contributed by atoms with Gasteiger partial charge in [-0.3, -0.25) is 4.79 Å². The van der Waals surface area contributed by atoms with Crippen molar-refractivity contribution in [2.75, 3.05) is 18.0 Å². The minimum atomic E-state index is -1.40. The number of fused-ring (bicyclic) bond motifs is 1. The quantitative estimate of drug-likeness (QED) is 0.859. The summed E-state index contributed by atoms with van der Waals surface area (Å²) in [6, 6.07) is 0.983. The monoisotopic (exact) mass is 375 g/mol. The molecule has 2 saturated carbocycles. The van der Waals surface area contributed by atoms with Gasteiger partial charge < -0.3 is 20.3 Å². The van der Waals surface area contributed by atoms with Crippen LogP contribution in [-0.2, 0) is 0 Å². The van der Waals surface area contributed by atoms with Crippen LogP contribution in [0.4, 0.5) is 14.5 Å². The molecule has 1 aliphatic heterocycles. The number of aromatic nitrogens is 1. The van der Waals surface area contributed by atoms with Gasteiger partial charge in [-0.25, -0.2) is 13.6 Å². The molecule has 0 unspecified atom stereocenters. The lowest BCUT2D eigenvalue weighted by Crippen LogP contribution is -2.26. The van der Waals surface area contributed by atoms with Crippen molar-refractivity contribution in [1.82, 2.24) is 4.57 Å². The normalized spacial score (nSPS) is 26.9. The van der Waals surface area contributed by atoms with E-state index in [1.165, 1.54) is 10.8 Å². The molecule has 2 aromatic rings. The zero-order valence-corrected chi connectivity index (χ0v) is 14.5. The molecule has 1 aromatic heterocycles. The maximum Gasteiger partial charge on any atom is 0.341 e. The van der Waals surface area contributed by atoms with Crippen LogP contribution in [0.2, 0.25) is 0 Å². The van der Waals surface area contributed by atoms with Gasteiger partial charge in [-0.1, -0.05) is 0 Å². The second-order valence-electron chi connectivity index (χ2n) is 8.08. The van der Waals surface area contributed by atoms with E-state index in [1.54, 1.807) is 4.90 Å². The molecule has 1 spiro atoms. The standard InChI is InChI=1S/C19H19F2N3O3/c20-12-5-10-15(24(9-1-2-9)7-11(17(10)25)18(26)27)14(21)16(12)23-4-3-19(8-23)6-13(19)22/h5,7,9,13H,1-4,6,8,22H2,(H,26,27)/t13-,19+/m0/s1. The van der Waals surface area contributed by atoms with E-state index in [0.717, 1.165) is 31.7 Å². The van der Waals surface area contributed by atoms with Gasteiger partial charge in [-0.2, -0.15) is 0 Å². The number of carboxylic acids is 1. The second-order valence-corrected chi connectivity index (χ2v) is 8.08. The molecule has 2 aliphatic carbocycles. The first-order valence-corrected chi connectivity index (χ1v) is 9.13. The molecule has 3 N–H and O–H groups in total. The third-order valence-corrected chi connectivity index (χ3v) is 6.31. The molecule has 1 saturated heterocycles. The average molecular weight is 375 g/mol. The topological polar surface area (TPSA) is 88.6 Å². The van der Waals surface area contributed by atoms with E-state index in [4.69, 9.17) is 5.73 Å². The predicted octanol–water partition coefficient (Wildman–Crippen LogP) is 2.24. The number of nitrogens with two attached hydrogens (primary N) is 1. The van der Waals surface area contributed by atoms with Gasteiger partial charge in [0.2, 0.25) is 5.43 Å². The maximum atomic E-state index is 15.5. The van der Waals surface area contributed by atoms with E-state index in [-0.39, 0.29) is 34.1 Å². The van der Waals surface area contributed by atoms with E-state index in [9.17, 15) is 19.1 Å². The molecule has 8 heteroatoms.